The van der Waals surface area contributed by atoms with Crippen molar-refractivity contribution < 1.29 is 14.3 Å². The second-order valence-electron chi connectivity index (χ2n) is 5.72. The van der Waals surface area contributed by atoms with Crippen LogP contribution in [0.15, 0.2) is 24.3 Å². The van der Waals surface area contributed by atoms with Crippen molar-refractivity contribution in [3.8, 4) is 0 Å². The highest BCUT2D eigenvalue weighted by atomic mass is 35.5. The van der Waals surface area contributed by atoms with Gasteiger partial charge in [-0.3, -0.25) is 4.79 Å². The van der Waals surface area contributed by atoms with Crippen molar-refractivity contribution in [3.63, 3.8) is 0 Å². The average Bonchev–Trinajstić information content (AvgIpc) is 2.82. The number of aromatic nitrogens is 1. The molecule has 1 aromatic carbocycles. The van der Waals surface area contributed by atoms with E-state index in [4.69, 9.17) is 16.3 Å². The first-order chi connectivity index (χ1) is 10.3. The van der Waals surface area contributed by atoms with E-state index in [2.05, 4.69) is 10.3 Å². The van der Waals surface area contributed by atoms with Crippen LogP contribution in [0.5, 0.6) is 0 Å². The molecular weight excluding hydrogens is 304 g/mol. The monoisotopic (exact) mass is 322 g/mol. The molecule has 2 aromatic rings. The minimum absolute atomic E-state index is 0.158. The summed E-state index contributed by atoms with van der Waals surface area (Å²) in [5.74, 6) is -0.988. The molecule has 0 aliphatic heterocycles. The minimum atomic E-state index is -0.648. The van der Waals surface area contributed by atoms with Crippen LogP contribution in [0.2, 0.25) is 5.02 Å². The number of carbonyl (C=O) groups excluding carboxylic acids is 2. The largest absolute Gasteiger partial charge is 0.451 e. The van der Waals surface area contributed by atoms with Gasteiger partial charge in [-0.05, 0) is 26.3 Å². The predicted octanol–water partition coefficient (Wildman–Crippen LogP) is 3.28. The van der Waals surface area contributed by atoms with Gasteiger partial charge in [-0.1, -0.05) is 36.7 Å². The van der Waals surface area contributed by atoms with Crippen molar-refractivity contribution in [2.24, 2.45) is 0 Å². The second kappa shape index (κ2) is 6.40. The number of nitrogens with one attached hydrogen (secondary N) is 2. The van der Waals surface area contributed by atoms with Gasteiger partial charge in [-0.25, -0.2) is 4.79 Å². The number of carbonyl (C=O) groups is 2. The fourth-order valence-electron chi connectivity index (χ4n) is 1.95. The summed E-state index contributed by atoms with van der Waals surface area (Å²) in [6.45, 7) is 5.44. The number of hydrogen-bond donors (Lipinski definition) is 2. The SMILES string of the molecule is CCC(C)(C)NC(=O)COC(=O)c1[nH]c2ccccc2c1Cl. The number of amides is 1. The normalized spacial score (nSPS) is 11.5. The third-order valence-corrected chi connectivity index (χ3v) is 3.94. The van der Waals surface area contributed by atoms with Crippen molar-refractivity contribution in [2.45, 2.75) is 32.7 Å². The molecule has 0 spiro atoms. The molecule has 0 saturated heterocycles. The summed E-state index contributed by atoms with van der Waals surface area (Å²) >= 11 is 6.16. The van der Waals surface area contributed by atoms with E-state index in [1.165, 1.54) is 0 Å². The molecule has 2 N–H and O–H groups in total. The molecule has 6 heteroatoms. The van der Waals surface area contributed by atoms with Crippen LogP contribution in [0.4, 0.5) is 0 Å². The summed E-state index contributed by atoms with van der Waals surface area (Å²) in [5.41, 5.74) is 0.573. The van der Waals surface area contributed by atoms with Crippen LogP contribution in [0.25, 0.3) is 10.9 Å². The summed E-state index contributed by atoms with van der Waals surface area (Å²) < 4.78 is 5.02. The molecule has 2 rings (SSSR count). The number of fused-ring (bicyclic) bond motifs is 1. The zero-order valence-electron chi connectivity index (χ0n) is 12.8. The molecule has 0 fully saturated rings. The highest BCUT2D eigenvalue weighted by molar-refractivity contribution is 6.38. The standard InChI is InChI=1S/C16H19ClN2O3/c1-4-16(2,3)19-12(20)9-22-15(21)14-13(17)10-7-5-6-8-11(10)18-14/h5-8,18H,4,9H2,1-3H3,(H,19,20). The smallest absolute Gasteiger partial charge is 0.356 e. The van der Waals surface area contributed by atoms with E-state index in [-0.39, 0.29) is 23.7 Å². The number of halogens is 1. The molecule has 118 valence electrons. The number of hydrogen-bond acceptors (Lipinski definition) is 3. The van der Waals surface area contributed by atoms with Crippen LogP contribution >= 0.6 is 11.6 Å². The van der Waals surface area contributed by atoms with Gasteiger partial charge in [0.2, 0.25) is 0 Å². The van der Waals surface area contributed by atoms with Crippen molar-refractivity contribution in [3.05, 3.63) is 35.0 Å². The van der Waals surface area contributed by atoms with Gasteiger partial charge < -0.3 is 15.0 Å². The van der Waals surface area contributed by atoms with Crippen LogP contribution in [-0.4, -0.2) is 29.0 Å². The maximum atomic E-state index is 12.1. The summed E-state index contributed by atoms with van der Waals surface area (Å²) in [6, 6.07) is 7.29. The zero-order valence-corrected chi connectivity index (χ0v) is 13.6. The number of aromatic amines is 1. The Balaban J connectivity index is 2.03. The summed E-state index contributed by atoms with van der Waals surface area (Å²) in [6.07, 6.45) is 0.778. The predicted molar refractivity (Wildman–Crippen MR) is 86.1 cm³/mol. The van der Waals surface area contributed by atoms with Gasteiger partial charge in [-0.15, -0.1) is 0 Å². The van der Waals surface area contributed by atoms with Gasteiger partial charge in [0.05, 0.1) is 5.02 Å². The average molecular weight is 323 g/mol. The first kappa shape index (κ1) is 16.4. The van der Waals surface area contributed by atoms with Crippen molar-refractivity contribution in [2.75, 3.05) is 6.61 Å². The highest BCUT2D eigenvalue weighted by Crippen LogP contribution is 2.27. The lowest BCUT2D eigenvalue weighted by Crippen LogP contribution is -2.44. The van der Waals surface area contributed by atoms with Crippen molar-refractivity contribution in [1.82, 2.24) is 10.3 Å². The maximum Gasteiger partial charge on any atom is 0.356 e. The number of ether oxygens (including phenoxy) is 1. The van der Waals surface area contributed by atoms with E-state index in [0.717, 1.165) is 17.3 Å². The lowest BCUT2D eigenvalue weighted by Gasteiger charge is -2.24. The second-order valence-corrected chi connectivity index (χ2v) is 6.10. The minimum Gasteiger partial charge on any atom is -0.451 e. The Bertz CT molecular complexity index is 706. The Morgan fingerprint density at radius 3 is 2.64 bits per heavy atom. The van der Waals surface area contributed by atoms with Crippen molar-refractivity contribution >= 4 is 34.4 Å². The molecular formula is C16H19ClN2O3. The van der Waals surface area contributed by atoms with Crippen LogP contribution in [-0.2, 0) is 9.53 Å². The number of para-hydroxylation sites is 1. The van der Waals surface area contributed by atoms with Crippen molar-refractivity contribution in [1.29, 1.82) is 0 Å². The van der Waals surface area contributed by atoms with E-state index >= 15 is 0 Å². The lowest BCUT2D eigenvalue weighted by atomic mass is 10.0. The van der Waals surface area contributed by atoms with Gasteiger partial charge in [-0.2, -0.15) is 0 Å². The third-order valence-electron chi connectivity index (χ3n) is 3.54. The Labute approximate surface area is 134 Å². The quantitative estimate of drug-likeness (QED) is 0.830. The molecule has 0 atom stereocenters. The summed E-state index contributed by atoms with van der Waals surface area (Å²) in [5, 5.41) is 3.84. The van der Waals surface area contributed by atoms with Gasteiger partial charge in [0, 0.05) is 16.4 Å². The number of benzene rings is 1. The molecule has 5 nitrogen and oxygen atoms in total. The zero-order chi connectivity index (χ0) is 16.3. The maximum absolute atomic E-state index is 12.1. The third kappa shape index (κ3) is 3.60. The fourth-order valence-corrected chi connectivity index (χ4v) is 2.24. The number of esters is 1. The Morgan fingerprint density at radius 2 is 2.00 bits per heavy atom. The van der Waals surface area contributed by atoms with Gasteiger partial charge >= 0.3 is 5.97 Å². The van der Waals surface area contributed by atoms with E-state index in [1.54, 1.807) is 6.07 Å². The fraction of sp³-hybridized carbons (Fsp3) is 0.375. The Hall–Kier alpha value is -2.01. The first-order valence-corrected chi connectivity index (χ1v) is 7.46. The van der Waals surface area contributed by atoms with Gasteiger partial charge in [0.1, 0.15) is 5.69 Å². The van der Waals surface area contributed by atoms with Crippen LogP contribution in [0, 0.1) is 0 Å². The molecule has 0 radical (unpaired) electrons. The summed E-state index contributed by atoms with van der Waals surface area (Å²) in [4.78, 5) is 26.7. The molecule has 0 aliphatic carbocycles. The first-order valence-electron chi connectivity index (χ1n) is 7.08. The molecule has 1 heterocycles. The molecule has 22 heavy (non-hydrogen) atoms. The molecule has 0 bridgehead atoms. The molecule has 1 aromatic heterocycles. The van der Waals surface area contributed by atoms with Gasteiger partial charge in [0.15, 0.2) is 6.61 Å². The van der Waals surface area contributed by atoms with E-state index in [0.29, 0.717) is 5.02 Å². The van der Waals surface area contributed by atoms with E-state index < -0.39 is 5.97 Å². The van der Waals surface area contributed by atoms with Crippen LogP contribution < -0.4 is 5.32 Å². The van der Waals surface area contributed by atoms with Gasteiger partial charge in [0.25, 0.3) is 5.91 Å². The molecule has 0 unspecified atom stereocenters. The van der Waals surface area contributed by atoms with Crippen LogP contribution in [0.3, 0.4) is 0 Å². The number of rotatable bonds is 5. The van der Waals surface area contributed by atoms with E-state index in [9.17, 15) is 9.59 Å². The highest BCUT2D eigenvalue weighted by Gasteiger charge is 2.21. The Morgan fingerprint density at radius 1 is 1.32 bits per heavy atom. The molecule has 1 amide bonds. The Kier molecular flexibility index (Phi) is 4.76. The topological polar surface area (TPSA) is 71.2 Å². The molecule has 0 aliphatic rings. The lowest BCUT2D eigenvalue weighted by molar-refractivity contribution is -0.125. The van der Waals surface area contributed by atoms with Crippen LogP contribution in [0.1, 0.15) is 37.7 Å². The van der Waals surface area contributed by atoms with E-state index in [1.807, 2.05) is 39.0 Å². The molecule has 0 saturated carbocycles. The summed E-state index contributed by atoms with van der Waals surface area (Å²) in [7, 11) is 0. The number of H-pyrrole nitrogens is 1.